The predicted molar refractivity (Wildman–Crippen MR) is 240 cm³/mol. The minimum atomic E-state index is -0.0202. The number of hydrogen-bond donors (Lipinski definition) is 0. The van der Waals surface area contributed by atoms with Crippen molar-refractivity contribution in [3.63, 3.8) is 0 Å². The van der Waals surface area contributed by atoms with E-state index in [1.54, 1.807) is 27.4 Å². The molecule has 0 aromatic heterocycles. The van der Waals surface area contributed by atoms with Gasteiger partial charge in [0.05, 0.1) is 0 Å². The summed E-state index contributed by atoms with van der Waals surface area (Å²) < 4.78 is 1.60. The van der Waals surface area contributed by atoms with E-state index in [2.05, 4.69) is 205 Å². The Labute approximate surface area is 380 Å². The Hall–Kier alpha value is -2.83. The molecule has 4 aliphatic carbocycles. The van der Waals surface area contributed by atoms with E-state index in [0.717, 1.165) is 25.7 Å². The van der Waals surface area contributed by atoms with Crippen LogP contribution in [0.1, 0.15) is 141 Å². The second-order valence-corrected chi connectivity index (χ2v) is 22.3. The minimum absolute atomic E-state index is 0. The Kier molecular flexibility index (Phi) is 14.9. The van der Waals surface area contributed by atoms with Crippen LogP contribution in [0.15, 0.2) is 109 Å². The zero-order chi connectivity index (χ0) is 40.8. The van der Waals surface area contributed by atoms with Gasteiger partial charge in [-0.15, -0.1) is 18.1 Å². The molecule has 304 valence electrons. The molecule has 0 nitrogen and oxygen atoms in total. The normalized spacial score (nSPS) is 16.4. The summed E-state index contributed by atoms with van der Waals surface area (Å²) in [5.41, 5.74) is 19.5. The van der Waals surface area contributed by atoms with E-state index >= 15 is 0 Å². The number of fused-ring (bicyclic) bond motifs is 5. The van der Waals surface area contributed by atoms with Crippen molar-refractivity contribution >= 4 is 14.4 Å². The van der Waals surface area contributed by atoms with Gasteiger partial charge in [-0.2, -0.15) is 17.2 Å². The molecule has 0 heterocycles. The molecule has 0 radical (unpaired) electrons. The molecule has 0 aliphatic heterocycles. The van der Waals surface area contributed by atoms with Crippen molar-refractivity contribution in [3.05, 3.63) is 165 Å². The molecular weight excluding hydrogens is 823 g/mol. The second kappa shape index (κ2) is 18.0. The Balaban J connectivity index is 0.000000230. The first kappa shape index (κ1) is 47.8. The van der Waals surface area contributed by atoms with Gasteiger partial charge in [-0.25, -0.2) is 11.6 Å². The maximum atomic E-state index is 3.85. The van der Waals surface area contributed by atoms with Gasteiger partial charge < -0.3 is 24.8 Å². The molecule has 58 heavy (non-hydrogen) atoms. The van der Waals surface area contributed by atoms with Crippen molar-refractivity contribution < 1.29 is 49.0 Å². The topological polar surface area (TPSA) is 0 Å². The van der Waals surface area contributed by atoms with Crippen molar-refractivity contribution in [2.45, 2.75) is 127 Å². The van der Waals surface area contributed by atoms with E-state index in [1.807, 2.05) is 0 Å². The zero-order valence-electron chi connectivity index (χ0n) is 37.4. The van der Waals surface area contributed by atoms with Crippen LogP contribution in [0.4, 0.5) is 0 Å². The van der Waals surface area contributed by atoms with Crippen LogP contribution >= 0.6 is 0 Å². The van der Waals surface area contributed by atoms with Crippen LogP contribution in [0, 0.1) is 28.4 Å². The third kappa shape index (κ3) is 10.7. The standard InChI is InChI=1S/C31H37.C15H14.C9H13.2ClH.Zr/c1-28(2,3)26-16-30(7,8)24-12-18-11-19-13-25-23(15-21(19)20(18)14-22(24)26)27(29(4,5)6)17-31(25,9)10;1-3-8-14(9-4-1)12-7-13-15-10-5-2-6-11-15;1-9(2,3)8-6-4-5-7-8;;;/h12-16H,11H2,1-10H3;1-6,8-11H,12-13H2;6-7H,4H2,1-3H3;2*1H;/q-1;;-1;;;+2/p-2. The molecule has 0 atom stereocenters. The summed E-state index contributed by atoms with van der Waals surface area (Å²) in [7, 11) is 0. The first-order valence-electron chi connectivity index (χ1n) is 20.7. The molecule has 0 unspecified atom stereocenters. The van der Waals surface area contributed by atoms with Gasteiger partial charge in [0.25, 0.3) is 0 Å². The molecule has 0 N–H and O–H groups in total. The summed E-state index contributed by atoms with van der Waals surface area (Å²) >= 11 is 1.55. The molecule has 3 heteroatoms. The molecule has 0 saturated carbocycles. The molecule has 0 spiro atoms. The monoisotopic (exact) mass is 884 g/mol. The summed E-state index contributed by atoms with van der Waals surface area (Å²) in [6.45, 7) is 30.0. The Bertz CT molecular complexity index is 2100. The van der Waals surface area contributed by atoms with Gasteiger partial charge in [0.1, 0.15) is 0 Å². The van der Waals surface area contributed by atoms with Gasteiger partial charge in [0.15, 0.2) is 0 Å². The van der Waals surface area contributed by atoms with Crippen molar-refractivity contribution in [2.24, 2.45) is 16.2 Å². The van der Waals surface area contributed by atoms with E-state index in [0.29, 0.717) is 5.41 Å². The SMILES string of the molecule is CC(C)(C)C1=CC[C-]=C1.CC(C)(C)C1=[C-]C(C)(C)c2cc3c(cc21)-c1cc2c(cc1C3)C(C)(C)C=C2C(C)(C)C.[Cl-].[Cl-].[Zr+2]=[C](Cc1ccccc1)Cc1ccccc1. The maximum absolute atomic E-state index is 3.85. The Morgan fingerprint density at radius 1 is 0.621 bits per heavy atom. The molecule has 4 aliphatic rings. The third-order valence-corrected chi connectivity index (χ3v) is 12.5. The van der Waals surface area contributed by atoms with Crippen LogP contribution in [0.25, 0.3) is 22.3 Å². The van der Waals surface area contributed by atoms with E-state index in [9.17, 15) is 0 Å². The molecule has 8 rings (SSSR count). The molecular formula is C55H64Cl2Zr-2. The summed E-state index contributed by atoms with van der Waals surface area (Å²) in [5, 5.41) is 0. The van der Waals surface area contributed by atoms with Gasteiger partial charge in [0, 0.05) is 5.41 Å². The summed E-state index contributed by atoms with van der Waals surface area (Å²) in [5.74, 6) is 0. The fraction of sp³-hybridized carbons (Fsp3) is 0.400. The second-order valence-electron chi connectivity index (χ2n) is 20.6. The van der Waals surface area contributed by atoms with Crippen LogP contribution in [-0.4, -0.2) is 3.21 Å². The van der Waals surface area contributed by atoms with Gasteiger partial charge in [0.2, 0.25) is 0 Å². The van der Waals surface area contributed by atoms with E-state index in [-0.39, 0.29) is 46.5 Å². The van der Waals surface area contributed by atoms with Gasteiger partial charge in [-0.05, 0) is 62.3 Å². The van der Waals surface area contributed by atoms with Crippen LogP contribution in [-0.2, 0) is 54.3 Å². The van der Waals surface area contributed by atoms with Crippen molar-refractivity contribution in [1.29, 1.82) is 0 Å². The Morgan fingerprint density at radius 2 is 1.12 bits per heavy atom. The van der Waals surface area contributed by atoms with Crippen LogP contribution < -0.4 is 24.8 Å². The fourth-order valence-electron chi connectivity index (χ4n) is 8.61. The third-order valence-electron chi connectivity index (χ3n) is 11.7. The van der Waals surface area contributed by atoms with Crippen molar-refractivity contribution in [1.82, 2.24) is 0 Å². The predicted octanol–water partition coefficient (Wildman–Crippen LogP) is 8.42. The Morgan fingerprint density at radius 3 is 1.55 bits per heavy atom. The average molecular weight is 887 g/mol. The first-order chi connectivity index (χ1) is 26.0. The fourth-order valence-corrected chi connectivity index (χ4v) is 9.61. The number of rotatable bonds is 4. The number of allylic oxidation sites excluding steroid dienone is 8. The van der Waals surface area contributed by atoms with Gasteiger partial charge in [-0.1, -0.05) is 119 Å². The number of hydrogen-bond acceptors (Lipinski definition) is 0. The quantitative estimate of drug-likeness (QED) is 0.159. The van der Waals surface area contributed by atoms with Crippen molar-refractivity contribution in [2.75, 3.05) is 0 Å². The molecule has 0 saturated heterocycles. The van der Waals surface area contributed by atoms with Gasteiger partial charge in [-0.3, -0.25) is 12.2 Å². The summed E-state index contributed by atoms with van der Waals surface area (Å²) in [6.07, 6.45) is 18.1. The zero-order valence-corrected chi connectivity index (χ0v) is 41.4. The van der Waals surface area contributed by atoms with Crippen LogP contribution in [0.5, 0.6) is 0 Å². The number of halogens is 2. The first-order valence-corrected chi connectivity index (χ1v) is 21.9. The molecule has 4 aromatic rings. The van der Waals surface area contributed by atoms with Crippen molar-refractivity contribution in [3.8, 4) is 11.1 Å². The van der Waals surface area contributed by atoms with E-state index < -0.39 is 0 Å². The average Bonchev–Trinajstić information content (AvgIpc) is 3.88. The molecule has 0 bridgehead atoms. The summed E-state index contributed by atoms with van der Waals surface area (Å²) in [4.78, 5) is 0. The number of benzene rings is 4. The van der Waals surface area contributed by atoms with Crippen LogP contribution in [0.3, 0.4) is 0 Å². The van der Waals surface area contributed by atoms with Crippen LogP contribution in [0.2, 0.25) is 0 Å². The molecule has 4 aromatic carbocycles. The molecule has 0 fully saturated rings. The van der Waals surface area contributed by atoms with E-state index in [1.165, 1.54) is 72.4 Å². The summed E-state index contributed by atoms with van der Waals surface area (Å²) in [6, 6.07) is 31.4. The van der Waals surface area contributed by atoms with Gasteiger partial charge >= 0.3 is 112 Å². The van der Waals surface area contributed by atoms with E-state index in [4.69, 9.17) is 0 Å². The molecule has 0 amide bonds.